The van der Waals surface area contributed by atoms with Gasteiger partial charge in [-0.05, 0) is 23.7 Å². The van der Waals surface area contributed by atoms with Gasteiger partial charge in [0.25, 0.3) is 0 Å². The first-order valence-corrected chi connectivity index (χ1v) is 4.52. The maximum atomic E-state index is 8.83. The third-order valence-electron chi connectivity index (χ3n) is 1.86. The van der Waals surface area contributed by atoms with Crippen LogP contribution in [0.5, 0.6) is 0 Å². The van der Waals surface area contributed by atoms with E-state index >= 15 is 0 Å². The van der Waals surface area contributed by atoms with Crippen LogP contribution in [0.3, 0.4) is 0 Å². The van der Waals surface area contributed by atoms with Crippen molar-refractivity contribution in [3.8, 4) is 12.1 Å². The molecule has 2 aromatic rings. The highest BCUT2D eigenvalue weighted by Gasteiger charge is 2.09. The van der Waals surface area contributed by atoms with Crippen LogP contribution in [0.1, 0.15) is 11.1 Å². The highest BCUT2D eigenvalue weighted by molar-refractivity contribution is 7.11. The Morgan fingerprint density at radius 1 is 1.29 bits per heavy atom. The average molecular weight is 200 g/mol. The number of fused-ring (bicyclic) bond motifs is 1. The van der Waals surface area contributed by atoms with Gasteiger partial charge in [0.15, 0.2) is 0 Å². The maximum Gasteiger partial charge on any atom is 0.114 e. The van der Waals surface area contributed by atoms with Crippen molar-refractivity contribution in [2.45, 2.75) is 0 Å². The Labute approximate surface area is 84.0 Å². The Balaban J connectivity index is 2.93. The van der Waals surface area contributed by atoms with Crippen LogP contribution in [0.15, 0.2) is 12.1 Å². The summed E-state index contributed by atoms with van der Waals surface area (Å²) in [6.45, 7) is 0. The first-order valence-electron chi connectivity index (χ1n) is 3.75. The number of nitrogens with zero attached hydrogens (tertiary/aromatic N) is 3. The van der Waals surface area contributed by atoms with E-state index in [4.69, 9.17) is 16.3 Å². The van der Waals surface area contributed by atoms with Crippen LogP contribution in [-0.2, 0) is 0 Å². The minimum absolute atomic E-state index is 0.395. The predicted octanol–water partition coefficient (Wildman–Crippen LogP) is 1.62. The molecule has 0 radical (unpaired) electrons. The van der Waals surface area contributed by atoms with Crippen LogP contribution in [0.25, 0.3) is 10.9 Å². The average Bonchev–Trinajstić information content (AvgIpc) is 2.59. The van der Waals surface area contributed by atoms with Crippen molar-refractivity contribution in [2.75, 3.05) is 5.73 Å². The van der Waals surface area contributed by atoms with E-state index in [0.717, 1.165) is 11.5 Å². The summed E-state index contributed by atoms with van der Waals surface area (Å²) in [5.74, 6) is 0. The van der Waals surface area contributed by atoms with Crippen molar-refractivity contribution in [1.82, 2.24) is 4.37 Å². The highest BCUT2D eigenvalue weighted by atomic mass is 32.1. The second kappa shape index (κ2) is 2.99. The van der Waals surface area contributed by atoms with Crippen LogP contribution in [-0.4, -0.2) is 4.37 Å². The summed E-state index contributed by atoms with van der Waals surface area (Å²) < 4.78 is 4.05. The van der Waals surface area contributed by atoms with E-state index < -0.39 is 0 Å². The van der Waals surface area contributed by atoms with E-state index in [1.807, 2.05) is 12.1 Å². The molecule has 1 heterocycles. The molecule has 1 aromatic heterocycles. The van der Waals surface area contributed by atoms with E-state index in [0.29, 0.717) is 27.0 Å². The molecule has 2 N–H and O–H groups in total. The number of nitrogens with two attached hydrogens (primary N) is 1. The minimum Gasteiger partial charge on any atom is -0.389 e. The Kier molecular flexibility index (Phi) is 1.81. The fourth-order valence-corrected chi connectivity index (χ4v) is 1.85. The molecule has 1 aromatic carbocycles. The van der Waals surface area contributed by atoms with Crippen LogP contribution in [0.2, 0.25) is 0 Å². The molecular formula is C9H4N4S. The summed E-state index contributed by atoms with van der Waals surface area (Å²) in [4.78, 5) is 0. The van der Waals surface area contributed by atoms with Gasteiger partial charge in [0, 0.05) is 5.39 Å². The van der Waals surface area contributed by atoms with Crippen molar-refractivity contribution in [3.63, 3.8) is 0 Å². The van der Waals surface area contributed by atoms with Gasteiger partial charge in [-0.15, -0.1) is 0 Å². The third-order valence-corrected chi connectivity index (χ3v) is 2.55. The number of anilines is 1. The minimum atomic E-state index is 0.395. The van der Waals surface area contributed by atoms with Gasteiger partial charge in [0.2, 0.25) is 0 Å². The molecule has 0 aliphatic rings. The number of rotatable bonds is 0. The molecule has 14 heavy (non-hydrogen) atoms. The van der Waals surface area contributed by atoms with Gasteiger partial charge < -0.3 is 5.73 Å². The number of nitrogen functional groups attached to an aromatic ring is 1. The molecule has 0 amide bonds. The molecule has 5 heteroatoms. The quantitative estimate of drug-likeness (QED) is 0.700. The smallest absolute Gasteiger partial charge is 0.114 e. The largest absolute Gasteiger partial charge is 0.389 e. The predicted molar refractivity (Wildman–Crippen MR) is 53.5 cm³/mol. The zero-order valence-electron chi connectivity index (χ0n) is 6.98. The molecule has 0 aliphatic heterocycles. The lowest BCUT2D eigenvalue weighted by atomic mass is 10.1. The van der Waals surface area contributed by atoms with Crippen LogP contribution < -0.4 is 5.73 Å². The normalized spacial score (nSPS) is 9.57. The van der Waals surface area contributed by atoms with Gasteiger partial charge in [0.05, 0.1) is 17.2 Å². The summed E-state index contributed by atoms with van der Waals surface area (Å²) in [6, 6.07) is 7.14. The Morgan fingerprint density at radius 2 is 2.07 bits per heavy atom. The van der Waals surface area contributed by atoms with Gasteiger partial charge in [-0.3, -0.25) is 0 Å². The van der Waals surface area contributed by atoms with Crippen LogP contribution in [0, 0.1) is 22.7 Å². The fourth-order valence-electron chi connectivity index (χ4n) is 1.21. The third kappa shape index (κ3) is 1.08. The van der Waals surface area contributed by atoms with E-state index in [2.05, 4.69) is 4.37 Å². The molecule has 66 valence electrons. The number of hydrogen-bond donors (Lipinski definition) is 1. The number of aromatic nitrogens is 1. The zero-order chi connectivity index (χ0) is 10.1. The second-order valence-corrected chi connectivity index (χ2v) is 3.50. The van der Waals surface area contributed by atoms with E-state index in [1.165, 1.54) is 6.07 Å². The van der Waals surface area contributed by atoms with Gasteiger partial charge in [-0.25, -0.2) is 0 Å². The van der Waals surface area contributed by atoms with Gasteiger partial charge in [-0.2, -0.15) is 14.9 Å². The molecule has 0 atom stereocenters. The molecule has 2 rings (SSSR count). The fraction of sp³-hybridized carbons (Fsp3) is 0. The van der Waals surface area contributed by atoms with E-state index in [-0.39, 0.29) is 0 Å². The molecule has 0 spiro atoms. The van der Waals surface area contributed by atoms with Crippen LogP contribution >= 0.6 is 11.5 Å². The summed E-state index contributed by atoms with van der Waals surface area (Å²) >= 11 is 1.13. The molecule has 0 fully saturated rings. The Hall–Kier alpha value is -2.11. The Bertz CT molecular complexity index is 585. The summed E-state index contributed by atoms with van der Waals surface area (Å²) in [5, 5.41) is 18.8. The van der Waals surface area contributed by atoms with Gasteiger partial charge >= 0.3 is 0 Å². The van der Waals surface area contributed by atoms with Crippen molar-refractivity contribution < 1.29 is 0 Å². The lowest BCUT2D eigenvalue weighted by Gasteiger charge is -1.93. The highest BCUT2D eigenvalue weighted by Crippen LogP contribution is 2.28. The van der Waals surface area contributed by atoms with Crippen molar-refractivity contribution >= 4 is 27.4 Å². The molecule has 4 nitrogen and oxygen atoms in total. The number of benzene rings is 1. The second-order valence-electron chi connectivity index (χ2n) is 2.69. The van der Waals surface area contributed by atoms with E-state index in [1.54, 1.807) is 6.07 Å². The molecule has 0 aliphatic carbocycles. The molecule has 0 bridgehead atoms. The number of hydrogen-bond acceptors (Lipinski definition) is 5. The first-order chi connectivity index (χ1) is 6.76. The molecule has 0 saturated heterocycles. The van der Waals surface area contributed by atoms with Gasteiger partial charge in [-0.1, -0.05) is 0 Å². The number of nitriles is 2. The first kappa shape index (κ1) is 8.49. The molecule has 0 unspecified atom stereocenters. The maximum absolute atomic E-state index is 8.83. The lowest BCUT2D eigenvalue weighted by molar-refractivity contribution is 1.46. The summed E-state index contributed by atoms with van der Waals surface area (Å²) in [5.41, 5.74) is 7.07. The topological polar surface area (TPSA) is 86.5 Å². The van der Waals surface area contributed by atoms with Gasteiger partial charge in [0.1, 0.15) is 16.6 Å². The Morgan fingerprint density at radius 3 is 2.71 bits per heavy atom. The monoisotopic (exact) mass is 200 g/mol. The zero-order valence-corrected chi connectivity index (χ0v) is 7.80. The standard InChI is InChI=1S/C9H4N4S/c10-3-5-1-6(4-11)8-7(2-5)9(12)14-13-8/h1-2H,12H2. The summed E-state index contributed by atoms with van der Waals surface area (Å²) in [6.07, 6.45) is 0. The summed E-state index contributed by atoms with van der Waals surface area (Å²) in [7, 11) is 0. The molecule has 0 saturated carbocycles. The molecular weight excluding hydrogens is 196 g/mol. The van der Waals surface area contributed by atoms with Crippen molar-refractivity contribution in [3.05, 3.63) is 23.3 Å². The van der Waals surface area contributed by atoms with Crippen molar-refractivity contribution in [1.29, 1.82) is 10.5 Å². The van der Waals surface area contributed by atoms with Crippen LogP contribution in [0.4, 0.5) is 5.00 Å². The van der Waals surface area contributed by atoms with E-state index in [9.17, 15) is 0 Å². The SMILES string of the molecule is N#Cc1cc(C#N)c2nsc(N)c2c1. The van der Waals surface area contributed by atoms with Crippen molar-refractivity contribution in [2.24, 2.45) is 0 Å². The lowest BCUT2D eigenvalue weighted by Crippen LogP contribution is -1.84.